The van der Waals surface area contributed by atoms with Crippen LogP contribution in [0.5, 0.6) is 0 Å². The summed E-state index contributed by atoms with van der Waals surface area (Å²) < 4.78 is 0. The molecule has 0 bridgehead atoms. The van der Waals surface area contributed by atoms with Crippen LogP contribution < -0.4 is 10.2 Å². The van der Waals surface area contributed by atoms with Crippen molar-refractivity contribution < 1.29 is 4.79 Å². The van der Waals surface area contributed by atoms with Crippen molar-refractivity contribution in [2.75, 3.05) is 4.90 Å². The maximum atomic E-state index is 12.4. The monoisotopic (exact) mass is 284 g/mol. The summed E-state index contributed by atoms with van der Waals surface area (Å²) in [6.45, 7) is 5.02. The summed E-state index contributed by atoms with van der Waals surface area (Å²) in [5.74, 6) is 0.0856. The van der Waals surface area contributed by atoms with Gasteiger partial charge in [0.1, 0.15) is 11.2 Å². The molecule has 0 unspecified atom stereocenters. The lowest BCUT2D eigenvalue weighted by Crippen LogP contribution is -2.55. The smallest absolute Gasteiger partial charge is 0.256 e. The molecule has 4 rings (SSSR count). The van der Waals surface area contributed by atoms with E-state index in [1.165, 1.54) is 16.0 Å². The van der Waals surface area contributed by atoms with Crippen molar-refractivity contribution in [1.29, 1.82) is 0 Å². The molecule has 0 radical (unpaired) electrons. The van der Waals surface area contributed by atoms with E-state index in [9.17, 15) is 4.79 Å². The van der Waals surface area contributed by atoms with Gasteiger partial charge < -0.3 is 10.2 Å². The highest BCUT2D eigenvalue weighted by Gasteiger charge is 2.37. The second-order valence-corrected chi connectivity index (χ2v) is 6.76. The van der Waals surface area contributed by atoms with E-state index in [2.05, 4.69) is 41.4 Å². The molecule has 2 aliphatic rings. The minimum atomic E-state index is 0.0856. The summed E-state index contributed by atoms with van der Waals surface area (Å²) in [5, 5.41) is 4.31. The zero-order chi connectivity index (χ0) is 13.9. The van der Waals surface area contributed by atoms with Crippen LogP contribution in [-0.4, -0.2) is 12.1 Å². The lowest BCUT2D eigenvalue weighted by atomic mass is 9.95. The van der Waals surface area contributed by atoms with Gasteiger partial charge in [-0.1, -0.05) is 24.3 Å². The fourth-order valence-corrected chi connectivity index (χ4v) is 4.37. The number of carbonyl (C=O) groups is 1. The van der Waals surface area contributed by atoms with Gasteiger partial charge in [0, 0.05) is 17.8 Å². The first-order valence-corrected chi connectivity index (χ1v) is 7.71. The molecule has 1 N–H and O–H groups in total. The molecule has 1 aromatic carbocycles. The standard InChI is InChI=1S/C16H16N2OS/c1-9-10(2)20-16-14(9)15(19)17-13-7-11-5-3-4-6-12(11)8-18(13)16/h3-6,13H,7-8H2,1-2H3,(H,17,19)/t13-/m0/s1. The number of fused-ring (bicyclic) bond motifs is 4. The van der Waals surface area contributed by atoms with Crippen molar-refractivity contribution in [3.8, 4) is 0 Å². The van der Waals surface area contributed by atoms with E-state index >= 15 is 0 Å². The third-order valence-corrected chi connectivity index (χ3v) is 5.65. The van der Waals surface area contributed by atoms with E-state index < -0.39 is 0 Å². The Morgan fingerprint density at radius 1 is 1.25 bits per heavy atom. The number of hydrogen-bond acceptors (Lipinski definition) is 3. The van der Waals surface area contributed by atoms with E-state index in [1.54, 1.807) is 11.3 Å². The number of thiophene rings is 1. The van der Waals surface area contributed by atoms with Crippen LogP contribution >= 0.6 is 11.3 Å². The Balaban J connectivity index is 1.84. The van der Waals surface area contributed by atoms with E-state index in [-0.39, 0.29) is 12.1 Å². The zero-order valence-electron chi connectivity index (χ0n) is 11.6. The van der Waals surface area contributed by atoms with E-state index in [0.29, 0.717) is 0 Å². The second-order valence-electron chi connectivity index (χ2n) is 5.55. The first-order valence-electron chi connectivity index (χ1n) is 6.89. The average molecular weight is 284 g/mol. The number of carbonyl (C=O) groups excluding carboxylic acids is 1. The van der Waals surface area contributed by atoms with Gasteiger partial charge in [-0.25, -0.2) is 0 Å². The minimum Gasteiger partial charge on any atom is -0.338 e. The van der Waals surface area contributed by atoms with Crippen LogP contribution in [0.15, 0.2) is 24.3 Å². The number of anilines is 1. The van der Waals surface area contributed by atoms with Crippen LogP contribution in [0, 0.1) is 13.8 Å². The molecule has 4 heteroatoms. The number of nitrogens with zero attached hydrogens (tertiary/aromatic N) is 1. The van der Waals surface area contributed by atoms with Gasteiger partial charge in [0.05, 0.1) is 5.56 Å². The van der Waals surface area contributed by atoms with Crippen LogP contribution in [0.1, 0.15) is 31.9 Å². The van der Waals surface area contributed by atoms with E-state index in [0.717, 1.165) is 29.1 Å². The van der Waals surface area contributed by atoms with Gasteiger partial charge in [-0.2, -0.15) is 0 Å². The van der Waals surface area contributed by atoms with Crippen molar-refractivity contribution in [2.24, 2.45) is 0 Å². The molecular weight excluding hydrogens is 268 g/mol. The molecule has 102 valence electrons. The van der Waals surface area contributed by atoms with Crippen LogP contribution in [-0.2, 0) is 13.0 Å². The van der Waals surface area contributed by atoms with Crippen molar-refractivity contribution in [3.05, 3.63) is 51.4 Å². The molecule has 2 aromatic rings. The fourth-order valence-electron chi connectivity index (χ4n) is 3.17. The average Bonchev–Trinajstić information content (AvgIpc) is 2.74. The van der Waals surface area contributed by atoms with E-state index in [4.69, 9.17) is 0 Å². The summed E-state index contributed by atoms with van der Waals surface area (Å²) in [5.41, 5.74) is 4.72. The third-order valence-electron chi connectivity index (χ3n) is 4.40. The normalized spacial score (nSPS) is 20.0. The highest BCUT2D eigenvalue weighted by molar-refractivity contribution is 7.16. The maximum absolute atomic E-state index is 12.4. The molecule has 3 nitrogen and oxygen atoms in total. The summed E-state index contributed by atoms with van der Waals surface area (Å²) in [6, 6.07) is 8.52. The number of amides is 1. The molecule has 0 fully saturated rings. The number of nitrogens with one attached hydrogen (secondary N) is 1. The van der Waals surface area contributed by atoms with Gasteiger partial charge in [0.15, 0.2) is 0 Å². The van der Waals surface area contributed by atoms with Crippen LogP contribution in [0.25, 0.3) is 0 Å². The third kappa shape index (κ3) is 1.54. The zero-order valence-corrected chi connectivity index (χ0v) is 12.4. The summed E-state index contributed by atoms with van der Waals surface area (Å²) >= 11 is 1.75. The maximum Gasteiger partial charge on any atom is 0.256 e. The Morgan fingerprint density at radius 3 is 2.80 bits per heavy atom. The van der Waals surface area contributed by atoms with Crippen LogP contribution in [0.2, 0.25) is 0 Å². The second kappa shape index (κ2) is 4.09. The Hall–Kier alpha value is -1.81. The highest BCUT2D eigenvalue weighted by atomic mass is 32.1. The molecule has 0 saturated heterocycles. The van der Waals surface area contributed by atoms with Crippen LogP contribution in [0.4, 0.5) is 5.00 Å². The predicted molar refractivity (Wildman–Crippen MR) is 81.4 cm³/mol. The molecule has 0 aliphatic carbocycles. The molecule has 1 amide bonds. The highest BCUT2D eigenvalue weighted by Crippen LogP contribution is 2.41. The molecule has 3 heterocycles. The number of benzene rings is 1. The molecule has 20 heavy (non-hydrogen) atoms. The molecule has 0 saturated carbocycles. The largest absolute Gasteiger partial charge is 0.338 e. The molecular formula is C16H16N2OS. The topological polar surface area (TPSA) is 32.3 Å². The SMILES string of the molecule is Cc1sc2c(c1C)C(=O)N[C@@H]1Cc3ccccc3CN21. The Bertz CT molecular complexity index is 719. The van der Waals surface area contributed by atoms with Gasteiger partial charge in [-0.3, -0.25) is 4.79 Å². The summed E-state index contributed by atoms with van der Waals surface area (Å²) in [6.07, 6.45) is 0.986. The van der Waals surface area contributed by atoms with Gasteiger partial charge >= 0.3 is 0 Å². The quantitative estimate of drug-likeness (QED) is 0.806. The van der Waals surface area contributed by atoms with Crippen molar-refractivity contribution >= 4 is 22.2 Å². The number of hydrogen-bond donors (Lipinski definition) is 1. The predicted octanol–water partition coefficient (Wildman–Crippen LogP) is 3.00. The van der Waals surface area contributed by atoms with E-state index in [1.807, 2.05) is 6.92 Å². The Labute approximate surface area is 122 Å². The van der Waals surface area contributed by atoms with Gasteiger partial charge in [0.2, 0.25) is 0 Å². The lowest BCUT2D eigenvalue weighted by Gasteiger charge is -2.41. The van der Waals surface area contributed by atoms with Crippen molar-refractivity contribution in [1.82, 2.24) is 5.32 Å². The lowest BCUT2D eigenvalue weighted by molar-refractivity contribution is 0.0925. The molecule has 1 aromatic heterocycles. The van der Waals surface area contributed by atoms with Crippen molar-refractivity contribution in [2.45, 2.75) is 33.0 Å². The Morgan fingerprint density at radius 2 is 2.00 bits per heavy atom. The minimum absolute atomic E-state index is 0.0856. The number of aryl methyl sites for hydroxylation is 1. The first-order chi connectivity index (χ1) is 9.65. The summed E-state index contributed by atoms with van der Waals surface area (Å²) in [7, 11) is 0. The first kappa shape index (κ1) is 12.0. The molecule has 2 aliphatic heterocycles. The number of rotatable bonds is 0. The Kier molecular flexibility index (Phi) is 2.45. The van der Waals surface area contributed by atoms with Crippen LogP contribution in [0.3, 0.4) is 0 Å². The fraction of sp³-hybridized carbons (Fsp3) is 0.312. The van der Waals surface area contributed by atoms with Gasteiger partial charge in [0.25, 0.3) is 5.91 Å². The molecule has 1 atom stereocenters. The summed E-state index contributed by atoms with van der Waals surface area (Å²) in [4.78, 5) is 15.9. The van der Waals surface area contributed by atoms with Gasteiger partial charge in [-0.15, -0.1) is 11.3 Å². The van der Waals surface area contributed by atoms with Crippen molar-refractivity contribution in [3.63, 3.8) is 0 Å². The molecule has 0 spiro atoms. The van der Waals surface area contributed by atoms with Gasteiger partial charge in [-0.05, 0) is 30.5 Å².